The van der Waals surface area contributed by atoms with Crippen molar-refractivity contribution in [3.05, 3.63) is 23.8 Å². The summed E-state index contributed by atoms with van der Waals surface area (Å²) in [6.07, 6.45) is 5.53. The lowest BCUT2D eigenvalue weighted by Gasteiger charge is -2.25. The minimum atomic E-state index is 0.522. The Hall–Kier alpha value is -1.22. The van der Waals surface area contributed by atoms with Crippen molar-refractivity contribution in [1.29, 1.82) is 0 Å². The largest absolute Gasteiger partial charge is 0.486 e. The molecule has 3 nitrogen and oxygen atoms in total. The summed E-state index contributed by atoms with van der Waals surface area (Å²) < 4.78 is 11.3. The second-order valence-corrected chi connectivity index (χ2v) is 6.41. The second kappa shape index (κ2) is 6.04. The number of benzene rings is 1. The first kappa shape index (κ1) is 13.7. The van der Waals surface area contributed by atoms with Crippen molar-refractivity contribution < 1.29 is 14.8 Å². The molecule has 1 heterocycles. The van der Waals surface area contributed by atoms with Crippen LogP contribution < -0.4 is 14.8 Å². The number of hydrogen-bond acceptors (Lipinski definition) is 2. The van der Waals surface area contributed by atoms with Crippen molar-refractivity contribution in [1.82, 2.24) is 0 Å². The molecule has 2 N–H and O–H groups in total. The van der Waals surface area contributed by atoms with Gasteiger partial charge in [-0.15, -0.1) is 0 Å². The van der Waals surface area contributed by atoms with E-state index in [1.54, 1.807) is 0 Å². The molecule has 0 spiro atoms. The maximum absolute atomic E-state index is 5.73. The highest BCUT2D eigenvalue weighted by atomic mass is 16.6. The molecule has 1 aliphatic heterocycles. The number of ether oxygens (including phenoxy) is 2. The number of hydrogen-bond donors (Lipinski definition) is 1. The summed E-state index contributed by atoms with van der Waals surface area (Å²) in [5, 5.41) is 2.59. The summed E-state index contributed by atoms with van der Waals surface area (Å²) in [6.45, 7) is 5.95. The van der Waals surface area contributed by atoms with E-state index in [9.17, 15) is 0 Å². The zero-order valence-electron chi connectivity index (χ0n) is 12.6. The van der Waals surface area contributed by atoms with Crippen molar-refractivity contribution in [3.8, 4) is 11.5 Å². The molecule has 3 rings (SSSR count). The van der Waals surface area contributed by atoms with E-state index in [-0.39, 0.29) is 0 Å². The van der Waals surface area contributed by atoms with E-state index in [2.05, 4.69) is 37.4 Å². The molecule has 0 saturated heterocycles. The van der Waals surface area contributed by atoms with Crippen molar-refractivity contribution in [2.75, 3.05) is 13.2 Å². The fourth-order valence-corrected chi connectivity index (χ4v) is 3.43. The Labute approximate surface area is 121 Å². The molecular formula is C17H26NO2+. The summed E-state index contributed by atoms with van der Waals surface area (Å²) in [5.74, 6) is 2.43. The monoisotopic (exact) mass is 276 g/mol. The summed E-state index contributed by atoms with van der Waals surface area (Å²) >= 11 is 0. The molecule has 1 saturated carbocycles. The highest BCUT2D eigenvalue weighted by Gasteiger charge is 2.27. The van der Waals surface area contributed by atoms with Crippen molar-refractivity contribution in [3.63, 3.8) is 0 Å². The molecule has 1 atom stereocenters. The molecule has 0 unspecified atom stereocenters. The minimum Gasteiger partial charge on any atom is -0.486 e. The Morgan fingerprint density at radius 1 is 1.05 bits per heavy atom. The molecule has 2 aliphatic rings. The minimum absolute atomic E-state index is 0.522. The summed E-state index contributed by atoms with van der Waals surface area (Å²) in [6, 6.07) is 7.79. The standard InChI is InChI=1S/C17H25NO2/c1-12(2)17(18-14-5-3-4-6-14)13-7-8-15-16(11-13)20-10-9-19-15/h7-8,11-12,14,17-18H,3-6,9-10H2,1-2H3/p+1/t17-/m0/s1. The van der Waals surface area contributed by atoms with E-state index in [0.717, 1.165) is 17.5 Å². The van der Waals surface area contributed by atoms with E-state index in [1.165, 1.54) is 31.2 Å². The Balaban J connectivity index is 1.79. The van der Waals surface area contributed by atoms with Crippen LogP contribution in [0, 0.1) is 5.92 Å². The van der Waals surface area contributed by atoms with Gasteiger partial charge < -0.3 is 14.8 Å². The molecule has 0 amide bonds. The van der Waals surface area contributed by atoms with Gasteiger partial charge in [0.25, 0.3) is 0 Å². The zero-order valence-corrected chi connectivity index (χ0v) is 12.6. The molecule has 1 aromatic carbocycles. The molecular weight excluding hydrogens is 250 g/mol. The first-order valence-corrected chi connectivity index (χ1v) is 7.98. The summed E-state index contributed by atoms with van der Waals surface area (Å²) in [5.41, 5.74) is 1.37. The van der Waals surface area contributed by atoms with Crippen molar-refractivity contribution in [2.24, 2.45) is 5.92 Å². The van der Waals surface area contributed by atoms with Crippen LogP contribution in [0.15, 0.2) is 18.2 Å². The third-order valence-electron chi connectivity index (χ3n) is 4.55. The average molecular weight is 276 g/mol. The molecule has 1 aromatic rings. The molecule has 0 bridgehead atoms. The maximum Gasteiger partial charge on any atom is 0.161 e. The molecule has 0 aromatic heterocycles. The lowest BCUT2D eigenvalue weighted by molar-refractivity contribution is -0.732. The van der Waals surface area contributed by atoms with Crippen molar-refractivity contribution in [2.45, 2.75) is 51.6 Å². The molecule has 0 radical (unpaired) electrons. The van der Waals surface area contributed by atoms with E-state index in [1.807, 2.05) is 0 Å². The van der Waals surface area contributed by atoms with E-state index >= 15 is 0 Å². The second-order valence-electron chi connectivity index (χ2n) is 6.41. The fourth-order valence-electron chi connectivity index (χ4n) is 3.43. The zero-order chi connectivity index (χ0) is 13.9. The number of rotatable bonds is 4. The third-order valence-corrected chi connectivity index (χ3v) is 4.55. The van der Waals surface area contributed by atoms with Crippen LogP contribution in [0.2, 0.25) is 0 Å². The Morgan fingerprint density at radius 2 is 1.75 bits per heavy atom. The van der Waals surface area contributed by atoms with Crippen LogP contribution in [0.3, 0.4) is 0 Å². The number of quaternary nitrogens is 1. The van der Waals surface area contributed by atoms with E-state index in [4.69, 9.17) is 9.47 Å². The van der Waals surface area contributed by atoms with Crippen LogP contribution >= 0.6 is 0 Å². The van der Waals surface area contributed by atoms with Gasteiger partial charge in [0.2, 0.25) is 0 Å². The summed E-state index contributed by atoms with van der Waals surface area (Å²) in [7, 11) is 0. The predicted molar refractivity (Wildman–Crippen MR) is 79.2 cm³/mol. The molecule has 20 heavy (non-hydrogen) atoms. The van der Waals surface area contributed by atoms with Gasteiger partial charge in [0.15, 0.2) is 11.5 Å². The predicted octanol–water partition coefficient (Wildman–Crippen LogP) is 2.66. The van der Waals surface area contributed by atoms with Gasteiger partial charge in [0.05, 0.1) is 6.04 Å². The maximum atomic E-state index is 5.73. The molecule has 1 fully saturated rings. The highest BCUT2D eigenvalue weighted by Crippen LogP contribution is 2.33. The van der Waals surface area contributed by atoms with Crippen LogP contribution in [0.25, 0.3) is 0 Å². The van der Waals surface area contributed by atoms with Gasteiger partial charge in [0.1, 0.15) is 19.3 Å². The van der Waals surface area contributed by atoms with Crippen LogP contribution in [0.4, 0.5) is 0 Å². The van der Waals surface area contributed by atoms with Gasteiger partial charge in [-0.05, 0) is 43.9 Å². The fraction of sp³-hybridized carbons (Fsp3) is 0.647. The number of fused-ring (bicyclic) bond motifs is 1. The van der Waals surface area contributed by atoms with Crippen molar-refractivity contribution >= 4 is 0 Å². The van der Waals surface area contributed by atoms with E-state index < -0.39 is 0 Å². The van der Waals surface area contributed by atoms with Crippen LogP contribution in [0.5, 0.6) is 11.5 Å². The first-order valence-electron chi connectivity index (χ1n) is 7.98. The lowest BCUT2D eigenvalue weighted by atomic mass is 9.94. The molecule has 3 heteroatoms. The number of nitrogens with two attached hydrogens (primary N) is 1. The highest BCUT2D eigenvalue weighted by molar-refractivity contribution is 5.44. The average Bonchev–Trinajstić information content (AvgIpc) is 2.97. The topological polar surface area (TPSA) is 35.1 Å². The van der Waals surface area contributed by atoms with Gasteiger partial charge in [-0.25, -0.2) is 0 Å². The quantitative estimate of drug-likeness (QED) is 0.917. The van der Waals surface area contributed by atoms with Crippen LogP contribution in [-0.2, 0) is 0 Å². The van der Waals surface area contributed by atoms with Gasteiger partial charge in [-0.3, -0.25) is 0 Å². The molecule has 110 valence electrons. The van der Waals surface area contributed by atoms with Gasteiger partial charge in [-0.1, -0.05) is 13.8 Å². The smallest absolute Gasteiger partial charge is 0.161 e. The summed E-state index contributed by atoms with van der Waals surface area (Å²) in [4.78, 5) is 0. The van der Waals surface area contributed by atoms with Gasteiger partial charge in [-0.2, -0.15) is 0 Å². The normalized spacial score (nSPS) is 20.4. The Kier molecular flexibility index (Phi) is 4.16. The van der Waals surface area contributed by atoms with E-state index in [0.29, 0.717) is 25.2 Å². The Morgan fingerprint density at radius 3 is 2.45 bits per heavy atom. The first-order chi connectivity index (χ1) is 9.74. The van der Waals surface area contributed by atoms with Gasteiger partial charge in [0, 0.05) is 11.5 Å². The molecule has 1 aliphatic carbocycles. The Bertz CT molecular complexity index is 452. The van der Waals surface area contributed by atoms with Gasteiger partial charge >= 0.3 is 0 Å². The van der Waals surface area contributed by atoms with Crippen LogP contribution in [0.1, 0.15) is 51.1 Å². The van der Waals surface area contributed by atoms with Crippen LogP contribution in [-0.4, -0.2) is 19.3 Å². The third kappa shape index (κ3) is 2.93. The lowest BCUT2D eigenvalue weighted by Crippen LogP contribution is -2.91. The SMILES string of the molecule is CC(C)[C@H]([NH2+]C1CCCC1)c1ccc2c(c1)OCCO2.